The van der Waals surface area contributed by atoms with Crippen LogP contribution in [0.3, 0.4) is 0 Å². The van der Waals surface area contributed by atoms with E-state index in [4.69, 9.17) is 0 Å². The van der Waals surface area contributed by atoms with Crippen molar-refractivity contribution in [3.8, 4) is 0 Å². The first-order valence-corrected chi connectivity index (χ1v) is 10.8. The monoisotopic (exact) mass is 438 g/mol. The largest absolute Gasteiger partial charge is 0.351 e. The third-order valence-electron chi connectivity index (χ3n) is 5.94. The summed E-state index contributed by atoms with van der Waals surface area (Å²) in [6.45, 7) is 2.27. The summed E-state index contributed by atoms with van der Waals surface area (Å²) in [5.74, 6) is -2.81. The van der Waals surface area contributed by atoms with E-state index in [-0.39, 0.29) is 23.0 Å². The van der Waals surface area contributed by atoms with Gasteiger partial charge in [0, 0.05) is 36.8 Å². The summed E-state index contributed by atoms with van der Waals surface area (Å²) in [6.07, 6.45) is 1.55. The maximum absolute atomic E-state index is 14.5. The summed E-state index contributed by atoms with van der Waals surface area (Å²) in [7, 11) is 0. The zero-order valence-corrected chi connectivity index (χ0v) is 17.6. The van der Waals surface area contributed by atoms with E-state index in [0.717, 1.165) is 31.5 Å². The van der Waals surface area contributed by atoms with Crippen LogP contribution >= 0.6 is 0 Å². The third-order valence-corrected chi connectivity index (χ3v) is 5.94. The lowest BCUT2D eigenvalue weighted by Crippen LogP contribution is -2.40. The molecule has 0 radical (unpaired) electrons. The lowest BCUT2D eigenvalue weighted by molar-refractivity contribution is -0.122. The van der Waals surface area contributed by atoms with Crippen molar-refractivity contribution in [2.45, 2.75) is 24.8 Å². The molecule has 1 aliphatic rings. The van der Waals surface area contributed by atoms with Gasteiger partial charge in [-0.15, -0.1) is 0 Å². The zero-order valence-electron chi connectivity index (χ0n) is 17.6. The number of halogens is 3. The molecule has 32 heavy (non-hydrogen) atoms. The highest BCUT2D eigenvalue weighted by atomic mass is 19.1. The molecule has 0 bridgehead atoms. The number of nitrogens with zero attached hydrogens (tertiary/aromatic N) is 1. The molecule has 1 aliphatic heterocycles. The van der Waals surface area contributed by atoms with Crippen LogP contribution < -0.4 is 5.32 Å². The highest BCUT2D eigenvalue weighted by Gasteiger charge is 2.31. The Morgan fingerprint density at radius 2 is 1.50 bits per heavy atom. The van der Waals surface area contributed by atoms with E-state index in [1.54, 1.807) is 36.4 Å². The Kier molecular flexibility index (Phi) is 6.90. The number of carbonyl (C=O) groups is 1. The summed E-state index contributed by atoms with van der Waals surface area (Å²) in [6, 6.07) is 18.3. The van der Waals surface area contributed by atoms with E-state index in [1.165, 1.54) is 36.4 Å². The topological polar surface area (TPSA) is 32.3 Å². The van der Waals surface area contributed by atoms with Crippen LogP contribution in [0, 0.1) is 17.5 Å². The minimum atomic E-state index is -1.06. The average Bonchev–Trinajstić information content (AvgIpc) is 3.23. The maximum atomic E-state index is 14.5. The van der Waals surface area contributed by atoms with Gasteiger partial charge in [-0.2, -0.15) is 0 Å². The molecule has 1 fully saturated rings. The number of nitrogens with one attached hydrogen (secondary N) is 1. The van der Waals surface area contributed by atoms with Crippen molar-refractivity contribution in [3.63, 3.8) is 0 Å². The summed E-state index contributed by atoms with van der Waals surface area (Å²) in [5, 5.41) is 3.00. The molecule has 166 valence electrons. The molecule has 1 N–H and O–H groups in total. The molecule has 4 rings (SSSR count). The zero-order chi connectivity index (χ0) is 22.5. The number of benzene rings is 3. The highest BCUT2D eigenvalue weighted by Crippen LogP contribution is 2.29. The van der Waals surface area contributed by atoms with Crippen LogP contribution in [-0.4, -0.2) is 36.5 Å². The van der Waals surface area contributed by atoms with Crippen LogP contribution in [0.4, 0.5) is 13.2 Å². The molecule has 0 saturated carbocycles. The summed E-state index contributed by atoms with van der Waals surface area (Å²) >= 11 is 0. The first kappa shape index (κ1) is 22.1. The van der Waals surface area contributed by atoms with Gasteiger partial charge in [0.1, 0.15) is 17.5 Å². The number of hydrogen-bond acceptors (Lipinski definition) is 2. The van der Waals surface area contributed by atoms with Crippen LogP contribution in [-0.2, 0) is 11.2 Å². The first-order valence-electron chi connectivity index (χ1n) is 10.8. The fourth-order valence-electron chi connectivity index (χ4n) is 4.24. The van der Waals surface area contributed by atoms with Gasteiger partial charge in [-0.3, -0.25) is 4.79 Å². The molecular formula is C26H25F3N2O. The molecule has 0 unspecified atom stereocenters. The predicted octanol–water partition coefficient (Wildman–Crippen LogP) is 4.67. The highest BCUT2D eigenvalue weighted by molar-refractivity contribution is 5.87. The van der Waals surface area contributed by atoms with Gasteiger partial charge in [0.05, 0.1) is 5.92 Å². The Morgan fingerprint density at radius 1 is 0.906 bits per heavy atom. The number of rotatable bonds is 7. The van der Waals surface area contributed by atoms with E-state index >= 15 is 0 Å². The molecule has 3 nitrogen and oxygen atoms in total. The average molecular weight is 438 g/mol. The first-order chi connectivity index (χ1) is 15.5. The van der Waals surface area contributed by atoms with Crippen molar-refractivity contribution < 1.29 is 18.0 Å². The standard InChI is InChI=1S/C26H25F3N2O/c27-19-11-9-18(10-12-19)13-15-31-16-14-20(17-31)30-26(32)25(21-5-1-3-7-23(21)28)22-6-2-4-8-24(22)29/h1-12,20,25H,13-17H2,(H,30,32)/t20-/m0/s1. The second kappa shape index (κ2) is 10.0. The second-order valence-corrected chi connectivity index (χ2v) is 8.15. The number of hydrogen-bond donors (Lipinski definition) is 1. The minimum Gasteiger partial charge on any atom is -0.351 e. The Labute approximate surface area is 185 Å². The number of likely N-dealkylation sites (tertiary alicyclic amines) is 1. The van der Waals surface area contributed by atoms with Crippen molar-refractivity contribution in [2.75, 3.05) is 19.6 Å². The molecule has 0 aromatic heterocycles. The van der Waals surface area contributed by atoms with E-state index in [9.17, 15) is 18.0 Å². The second-order valence-electron chi connectivity index (χ2n) is 8.15. The molecule has 1 amide bonds. The fraction of sp³-hybridized carbons (Fsp3) is 0.269. The van der Waals surface area contributed by atoms with E-state index in [1.807, 2.05) is 0 Å². The number of amides is 1. The van der Waals surface area contributed by atoms with Gasteiger partial charge in [0.15, 0.2) is 0 Å². The molecule has 3 aromatic rings. The molecular weight excluding hydrogens is 413 g/mol. The lowest BCUT2D eigenvalue weighted by Gasteiger charge is -2.22. The molecule has 0 aliphatic carbocycles. The molecule has 0 spiro atoms. The summed E-state index contributed by atoms with van der Waals surface area (Å²) in [5.41, 5.74) is 1.36. The van der Waals surface area contributed by atoms with Crippen LogP contribution in [0.5, 0.6) is 0 Å². The van der Waals surface area contributed by atoms with Gasteiger partial charge in [0.25, 0.3) is 0 Å². The van der Waals surface area contributed by atoms with Gasteiger partial charge >= 0.3 is 0 Å². The van der Waals surface area contributed by atoms with Gasteiger partial charge in [-0.1, -0.05) is 48.5 Å². The maximum Gasteiger partial charge on any atom is 0.232 e. The van der Waals surface area contributed by atoms with Crippen molar-refractivity contribution in [3.05, 3.63) is 107 Å². The third kappa shape index (κ3) is 5.19. The van der Waals surface area contributed by atoms with Gasteiger partial charge in [-0.25, -0.2) is 13.2 Å². The number of carbonyl (C=O) groups excluding carboxylic acids is 1. The quantitative estimate of drug-likeness (QED) is 0.582. The molecule has 6 heteroatoms. The van der Waals surface area contributed by atoms with Crippen molar-refractivity contribution in [2.24, 2.45) is 0 Å². The van der Waals surface area contributed by atoms with Gasteiger partial charge < -0.3 is 10.2 Å². The normalized spacial score (nSPS) is 16.4. The van der Waals surface area contributed by atoms with Crippen LogP contribution in [0.2, 0.25) is 0 Å². The van der Waals surface area contributed by atoms with E-state index < -0.39 is 23.5 Å². The minimum absolute atomic E-state index is 0.100. The Balaban J connectivity index is 1.43. The van der Waals surface area contributed by atoms with Crippen LogP contribution in [0.15, 0.2) is 72.8 Å². The van der Waals surface area contributed by atoms with E-state index in [2.05, 4.69) is 10.2 Å². The SMILES string of the molecule is O=C(N[C@H]1CCN(CCc2ccc(F)cc2)C1)C(c1ccccc1F)c1ccccc1F. The van der Waals surface area contributed by atoms with Crippen molar-refractivity contribution in [1.29, 1.82) is 0 Å². The lowest BCUT2D eigenvalue weighted by atomic mass is 9.89. The fourth-order valence-corrected chi connectivity index (χ4v) is 4.24. The van der Waals surface area contributed by atoms with E-state index in [0.29, 0.717) is 6.54 Å². The summed E-state index contributed by atoms with van der Waals surface area (Å²) < 4.78 is 42.2. The smallest absolute Gasteiger partial charge is 0.232 e. The molecule has 3 aromatic carbocycles. The van der Waals surface area contributed by atoms with Crippen molar-refractivity contribution in [1.82, 2.24) is 10.2 Å². The summed E-state index contributed by atoms with van der Waals surface area (Å²) in [4.78, 5) is 15.5. The Hall–Kier alpha value is -3.12. The Morgan fingerprint density at radius 3 is 2.09 bits per heavy atom. The Bertz CT molecular complexity index is 1030. The molecule has 1 heterocycles. The van der Waals surface area contributed by atoms with Crippen LogP contribution in [0.25, 0.3) is 0 Å². The van der Waals surface area contributed by atoms with Crippen LogP contribution in [0.1, 0.15) is 29.0 Å². The molecule has 1 saturated heterocycles. The van der Waals surface area contributed by atoms with Gasteiger partial charge in [0.2, 0.25) is 5.91 Å². The van der Waals surface area contributed by atoms with Gasteiger partial charge in [-0.05, 0) is 42.7 Å². The predicted molar refractivity (Wildman–Crippen MR) is 118 cm³/mol. The van der Waals surface area contributed by atoms with Crippen molar-refractivity contribution >= 4 is 5.91 Å². The molecule has 1 atom stereocenters.